The van der Waals surface area contributed by atoms with Gasteiger partial charge in [-0.1, -0.05) is 18.2 Å². The predicted octanol–water partition coefficient (Wildman–Crippen LogP) is 2.71. The van der Waals surface area contributed by atoms with E-state index in [2.05, 4.69) is 41.1 Å². The van der Waals surface area contributed by atoms with Crippen LogP contribution in [0, 0.1) is 0 Å². The number of rotatable bonds is 4. The molecule has 1 atom stereocenters. The second-order valence-electron chi connectivity index (χ2n) is 5.28. The molecular formula is C16H22N2O. The summed E-state index contributed by atoms with van der Waals surface area (Å²) in [7, 11) is 0. The van der Waals surface area contributed by atoms with E-state index in [1.165, 1.54) is 22.2 Å². The Morgan fingerprint density at radius 1 is 1.37 bits per heavy atom. The first kappa shape index (κ1) is 12.7. The Bertz CT molecular complexity index is 573. The van der Waals surface area contributed by atoms with Crippen LogP contribution < -0.4 is 5.32 Å². The van der Waals surface area contributed by atoms with E-state index >= 15 is 0 Å². The van der Waals surface area contributed by atoms with Crippen LogP contribution in [0.3, 0.4) is 0 Å². The van der Waals surface area contributed by atoms with Crippen molar-refractivity contribution in [2.24, 2.45) is 0 Å². The molecule has 0 amide bonds. The maximum atomic E-state index is 5.53. The minimum Gasteiger partial charge on any atom is -0.380 e. The summed E-state index contributed by atoms with van der Waals surface area (Å²) in [5.41, 5.74) is 4.32. The van der Waals surface area contributed by atoms with Crippen molar-refractivity contribution in [1.29, 1.82) is 0 Å². The third kappa shape index (κ3) is 2.28. The second-order valence-corrected chi connectivity index (χ2v) is 5.28. The number of aromatic nitrogens is 1. The van der Waals surface area contributed by atoms with E-state index in [-0.39, 0.29) is 0 Å². The molecule has 0 spiro atoms. The van der Waals surface area contributed by atoms with Crippen LogP contribution in [0.2, 0.25) is 0 Å². The summed E-state index contributed by atoms with van der Waals surface area (Å²) < 4.78 is 7.96. The van der Waals surface area contributed by atoms with Crippen molar-refractivity contribution in [3.63, 3.8) is 0 Å². The van der Waals surface area contributed by atoms with Crippen LogP contribution in [-0.2, 0) is 24.2 Å². The van der Waals surface area contributed by atoms with Crippen LogP contribution in [0.4, 0.5) is 0 Å². The highest BCUT2D eigenvalue weighted by Gasteiger charge is 2.22. The number of benzene rings is 1. The van der Waals surface area contributed by atoms with E-state index in [1.54, 1.807) is 0 Å². The molecule has 1 unspecified atom stereocenters. The fourth-order valence-electron chi connectivity index (χ4n) is 3.06. The molecule has 1 aromatic heterocycles. The summed E-state index contributed by atoms with van der Waals surface area (Å²) in [5.74, 6) is 0. The highest BCUT2D eigenvalue weighted by atomic mass is 16.5. The van der Waals surface area contributed by atoms with Crippen molar-refractivity contribution in [1.82, 2.24) is 9.88 Å². The molecule has 0 saturated carbocycles. The zero-order chi connectivity index (χ0) is 13.2. The average molecular weight is 258 g/mol. The van der Waals surface area contributed by atoms with E-state index in [0.29, 0.717) is 6.04 Å². The molecule has 19 heavy (non-hydrogen) atoms. The molecule has 2 heterocycles. The molecule has 0 saturated heterocycles. The molecule has 0 radical (unpaired) electrons. The highest BCUT2D eigenvalue weighted by Crippen LogP contribution is 2.29. The van der Waals surface area contributed by atoms with Gasteiger partial charge in [0.15, 0.2) is 0 Å². The molecule has 2 aromatic rings. The monoisotopic (exact) mass is 258 g/mol. The van der Waals surface area contributed by atoms with Gasteiger partial charge in [-0.15, -0.1) is 0 Å². The Labute approximate surface area is 114 Å². The van der Waals surface area contributed by atoms with Gasteiger partial charge in [-0.25, -0.2) is 0 Å². The Hall–Kier alpha value is -1.32. The van der Waals surface area contributed by atoms with Gasteiger partial charge >= 0.3 is 0 Å². The van der Waals surface area contributed by atoms with Gasteiger partial charge in [0.2, 0.25) is 0 Å². The number of ether oxygens (including phenoxy) is 1. The molecule has 1 aromatic carbocycles. The number of nitrogens with one attached hydrogen (secondary N) is 1. The summed E-state index contributed by atoms with van der Waals surface area (Å²) in [6.07, 6.45) is 1.12. The molecule has 1 aliphatic rings. The largest absolute Gasteiger partial charge is 0.380 e. The molecular weight excluding hydrogens is 236 g/mol. The van der Waals surface area contributed by atoms with Crippen LogP contribution in [0.1, 0.15) is 25.1 Å². The van der Waals surface area contributed by atoms with Crippen molar-refractivity contribution in [3.8, 4) is 0 Å². The summed E-state index contributed by atoms with van der Waals surface area (Å²) in [6.45, 7) is 7.80. The van der Waals surface area contributed by atoms with Crippen molar-refractivity contribution in [2.45, 2.75) is 39.4 Å². The third-order valence-corrected chi connectivity index (χ3v) is 3.99. The Morgan fingerprint density at radius 3 is 3.05 bits per heavy atom. The molecule has 3 rings (SSSR count). The Kier molecular flexibility index (Phi) is 3.58. The van der Waals surface area contributed by atoms with Gasteiger partial charge in [-0.3, -0.25) is 0 Å². The van der Waals surface area contributed by atoms with E-state index in [4.69, 9.17) is 4.74 Å². The molecule has 3 nitrogen and oxygen atoms in total. The molecule has 0 fully saturated rings. The fraction of sp³-hybridized carbons (Fsp3) is 0.500. The topological polar surface area (TPSA) is 26.2 Å². The predicted molar refractivity (Wildman–Crippen MR) is 78.4 cm³/mol. The third-order valence-electron chi connectivity index (χ3n) is 3.99. The van der Waals surface area contributed by atoms with Gasteiger partial charge in [0.05, 0.1) is 6.61 Å². The van der Waals surface area contributed by atoms with Crippen molar-refractivity contribution in [3.05, 3.63) is 35.5 Å². The maximum absolute atomic E-state index is 5.53. The van der Waals surface area contributed by atoms with E-state index < -0.39 is 0 Å². The smallest absolute Gasteiger partial charge is 0.0645 e. The Balaban J connectivity index is 2.04. The summed E-state index contributed by atoms with van der Waals surface area (Å²) in [4.78, 5) is 0. The van der Waals surface area contributed by atoms with Crippen LogP contribution in [0.15, 0.2) is 24.3 Å². The Morgan fingerprint density at radius 2 is 2.21 bits per heavy atom. The fourth-order valence-corrected chi connectivity index (χ4v) is 3.06. The zero-order valence-corrected chi connectivity index (χ0v) is 11.8. The van der Waals surface area contributed by atoms with E-state index in [0.717, 1.165) is 32.7 Å². The maximum Gasteiger partial charge on any atom is 0.0645 e. The van der Waals surface area contributed by atoms with Crippen LogP contribution in [0.25, 0.3) is 10.9 Å². The lowest BCUT2D eigenvalue weighted by Gasteiger charge is -2.22. The number of hydrogen-bond acceptors (Lipinski definition) is 2. The SMILES string of the molecule is CCOCCn1c2c(c3ccccc31)CC(C)NC2. The minimum absolute atomic E-state index is 0.568. The second kappa shape index (κ2) is 5.35. The molecule has 1 N–H and O–H groups in total. The standard InChI is InChI=1S/C16H22N2O/c1-3-19-9-8-18-15-7-5-4-6-13(15)14-10-12(2)17-11-16(14)18/h4-7,12,17H,3,8-11H2,1-2H3. The quantitative estimate of drug-likeness (QED) is 0.853. The zero-order valence-electron chi connectivity index (χ0n) is 11.8. The van der Waals surface area contributed by atoms with Crippen molar-refractivity contribution >= 4 is 10.9 Å². The minimum atomic E-state index is 0.568. The molecule has 3 heteroatoms. The lowest BCUT2D eigenvalue weighted by Crippen LogP contribution is -2.33. The molecule has 0 aliphatic carbocycles. The van der Waals surface area contributed by atoms with Crippen molar-refractivity contribution in [2.75, 3.05) is 13.2 Å². The highest BCUT2D eigenvalue weighted by molar-refractivity contribution is 5.86. The van der Waals surface area contributed by atoms with Gasteiger partial charge in [0.1, 0.15) is 0 Å². The first-order valence-corrected chi connectivity index (χ1v) is 7.21. The summed E-state index contributed by atoms with van der Waals surface area (Å²) in [6, 6.07) is 9.32. The first-order valence-electron chi connectivity index (χ1n) is 7.21. The molecule has 0 bridgehead atoms. The van der Waals surface area contributed by atoms with Gasteiger partial charge in [-0.2, -0.15) is 0 Å². The van der Waals surface area contributed by atoms with Gasteiger partial charge in [0, 0.05) is 42.3 Å². The van der Waals surface area contributed by atoms with Gasteiger partial charge < -0.3 is 14.6 Å². The number of nitrogens with zero attached hydrogens (tertiary/aromatic N) is 1. The lowest BCUT2D eigenvalue weighted by atomic mass is 10.00. The van der Waals surface area contributed by atoms with E-state index in [1.807, 2.05) is 6.92 Å². The van der Waals surface area contributed by atoms with Crippen LogP contribution >= 0.6 is 0 Å². The first-order chi connectivity index (χ1) is 9.31. The summed E-state index contributed by atoms with van der Waals surface area (Å²) >= 11 is 0. The van der Waals surface area contributed by atoms with Crippen molar-refractivity contribution < 1.29 is 4.74 Å². The number of hydrogen-bond donors (Lipinski definition) is 1. The average Bonchev–Trinajstić information content (AvgIpc) is 2.73. The van der Waals surface area contributed by atoms with Gasteiger partial charge in [-0.05, 0) is 31.9 Å². The van der Waals surface area contributed by atoms with E-state index in [9.17, 15) is 0 Å². The summed E-state index contributed by atoms with van der Waals surface area (Å²) in [5, 5.41) is 4.99. The number of fused-ring (bicyclic) bond motifs is 3. The lowest BCUT2D eigenvalue weighted by molar-refractivity contribution is 0.139. The molecule has 102 valence electrons. The van der Waals surface area contributed by atoms with Crippen LogP contribution in [0.5, 0.6) is 0 Å². The molecule has 1 aliphatic heterocycles. The van der Waals surface area contributed by atoms with Gasteiger partial charge in [0.25, 0.3) is 0 Å². The van der Waals surface area contributed by atoms with Crippen LogP contribution in [-0.4, -0.2) is 23.8 Å². The normalized spacial score (nSPS) is 18.7. The number of para-hydroxylation sites is 1.